The van der Waals surface area contributed by atoms with Gasteiger partial charge >= 0.3 is 0 Å². The highest BCUT2D eigenvalue weighted by Crippen LogP contribution is 2.07. The predicted octanol–water partition coefficient (Wildman–Crippen LogP) is 1.59. The van der Waals surface area contributed by atoms with Crippen molar-refractivity contribution in [2.24, 2.45) is 4.99 Å². The lowest BCUT2D eigenvalue weighted by molar-refractivity contribution is 0.362. The number of nitriles is 1. The summed E-state index contributed by atoms with van der Waals surface area (Å²) in [4.78, 5) is 4.41. The van der Waals surface area contributed by atoms with Gasteiger partial charge in [-0.1, -0.05) is 18.2 Å². The molecule has 0 spiro atoms. The van der Waals surface area contributed by atoms with Gasteiger partial charge in [0.1, 0.15) is 5.84 Å². The Balaban J connectivity index is 2.97. The molecule has 0 saturated carbocycles. The molecule has 0 radical (unpaired) electrons. The lowest BCUT2D eigenvalue weighted by Gasteiger charge is -2.16. The molecule has 4 heteroatoms. The summed E-state index contributed by atoms with van der Waals surface area (Å²) < 4.78 is 0. The van der Waals surface area contributed by atoms with Crippen LogP contribution in [0.4, 0.5) is 0 Å². The van der Waals surface area contributed by atoms with Crippen molar-refractivity contribution in [3.05, 3.63) is 35.4 Å². The fourth-order valence-electron chi connectivity index (χ4n) is 1.57. The van der Waals surface area contributed by atoms with Crippen LogP contribution in [0.1, 0.15) is 17.5 Å². The Labute approximate surface area is 114 Å². The van der Waals surface area contributed by atoms with Crippen LogP contribution in [0, 0.1) is 23.7 Å². The summed E-state index contributed by atoms with van der Waals surface area (Å²) in [5.74, 6) is 3.38. The van der Waals surface area contributed by atoms with Gasteiger partial charge in [0.05, 0.1) is 19.0 Å². The van der Waals surface area contributed by atoms with E-state index in [1.54, 1.807) is 0 Å². The minimum absolute atomic E-state index is 0.405. The number of rotatable bonds is 5. The number of nitrogens with one attached hydrogen (secondary N) is 1. The van der Waals surface area contributed by atoms with Crippen molar-refractivity contribution in [2.75, 3.05) is 20.6 Å². The third-order valence-corrected chi connectivity index (χ3v) is 2.33. The van der Waals surface area contributed by atoms with Crippen LogP contribution in [0.3, 0.4) is 0 Å². The molecule has 0 aliphatic rings. The molecule has 98 valence electrons. The smallest absolute Gasteiger partial charge is 0.142 e. The molecular formula is C15H18N4. The molecule has 0 aliphatic carbocycles. The molecule has 0 amide bonds. The number of amidine groups is 1. The number of hydrogen-bond acceptors (Lipinski definition) is 3. The Bertz CT molecular complexity index is 518. The summed E-state index contributed by atoms with van der Waals surface area (Å²) in [5, 5.41) is 10.4. The van der Waals surface area contributed by atoms with Gasteiger partial charge in [-0.25, -0.2) is 5.01 Å². The van der Waals surface area contributed by atoms with Crippen molar-refractivity contribution in [2.45, 2.75) is 12.8 Å². The zero-order valence-electron chi connectivity index (χ0n) is 11.3. The maximum Gasteiger partial charge on any atom is 0.142 e. The standard InChI is InChI=1S/C15H18N4/c1-4-7-13-8-5-9-14(12-13)15(18-19(2)3)17-11-6-10-16/h1,5,8-9,12H,6-7,11H2,2-3H3,(H,17,18). The fourth-order valence-corrected chi connectivity index (χ4v) is 1.57. The van der Waals surface area contributed by atoms with Crippen molar-refractivity contribution in [1.82, 2.24) is 10.4 Å². The first-order chi connectivity index (χ1) is 9.17. The van der Waals surface area contributed by atoms with E-state index in [0.29, 0.717) is 19.4 Å². The summed E-state index contributed by atoms with van der Waals surface area (Å²) in [6, 6.07) is 10.0. The lowest BCUT2D eigenvalue weighted by atomic mass is 10.1. The molecule has 1 rings (SSSR count). The van der Waals surface area contributed by atoms with Crippen molar-refractivity contribution >= 4 is 5.84 Å². The van der Waals surface area contributed by atoms with Crippen LogP contribution in [0.25, 0.3) is 0 Å². The molecule has 19 heavy (non-hydrogen) atoms. The van der Waals surface area contributed by atoms with Crippen LogP contribution in [0.2, 0.25) is 0 Å². The van der Waals surface area contributed by atoms with E-state index in [9.17, 15) is 0 Å². The van der Waals surface area contributed by atoms with Gasteiger partial charge in [0.2, 0.25) is 0 Å². The quantitative estimate of drug-likeness (QED) is 0.285. The number of hydrogen-bond donors (Lipinski definition) is 1. The monoisotopic (exact) mass is 254 g/mol. The van der Waals surface area contributed by atoms with Crippen LogP contribution < -0.4 is 5.43 Å². The van der Waals surface area contributed by atoms with Gasteiger partial charge in [0, 0.05) is 26.1 Å². The van der Waals surface area contributed by atoms with E-state index in [-0.39, 0.29) is 0 Å². The van der Waals surface area contributed by atoms with Gasteiger partial charge in [-0.2, -0.15) is 5.26 Å². The summed E-state index contributed by atoms with van der Waals surface area (Å²) in [5.41, 5.74) is 5.20. The van der Waals surface area contributed by atoms with Crippen molar-refractivity contribution in [3.8, 4) is 18.4 Å². The molecule has 0 fully saturated rings. The van der Waals surface area contributed by atoms with Gasteiger partial charge in [-0.3, -0.25) is 4.99 Å². The van der Waals surface area contributed by atoms with Crippen LogP contribution in [0.15, 0.2) is 29.3 Å². The van der Waals surface area contributed by atoms with Gasteiger partial charge in [0.15, 0.2) is 0 Å². The fraction of sp³-hybridized carbons (Fsp3) is 0.333. The highest BCUT2D eigenvalue weighted by molar-refractivity contribution is 5.98. The summed E-state index contributed by atoms with van der Waals surface area (Å²) in [6.45, 7) is 0.478. The second kappa shape index (κ2) is 7.92. The Hall–Kier alpha value is -2.30. The topological polar surface area (TPSA) is 51.4 Å². The molecule has 1 N–H and O–H groups in total. The van der Waals surface area contributed by atoms with E-state index >= 15 is 0 Å². The van der Waals surface area contributed by atoms with Gasteiger partial charge in [0.25, 0.3) is 0 Å². The number of nitrogens with zero attached hydrogens (tertiary/aromatic N) is 3. The Morgan fingerprint density at radius 1 is 1.47 bits per heavy atom. The highest BCUT2D eigenvalue weighted by atomic mass is 15.5. The van der Waals surface area contributed by atoms with Crippen molar-refractivity contribution in [1.29, 1.82) is 5.26 Å². The van der Waals surface area contributed by atoms with Crippen LogP contribution >= 0.6 is 0 Å². The molecule has 0 unspecified atom stereocenters. The molecule has 0 heterocycles. The third kappa shape index (κ3) is 5.25. The zero-order chi connectivity index (χ0) is 14.1. The first-order valence-electron chi connectivity index (χ1n) is 6.05. The predicted molar refractivity (Wildman–Crippen MR) is 77.4 cm³/mol. The van der Waals surface area contributed by atoms with Gasteiger partial charge in [-0.15, -0.1) is 12.3 Å². The molecule has 1 aromatic rings. The normalized spacial score (nSPS) is 10.9. The maximum atomic E-state index is 8.57. The zero-order valence-corrected chi connectivity index (χ0v) is 11.3. The molecule has 0 aliphatic heterocycles. The summed E-state index contributed by atoms with van der Waals surface area (Å²) in [6.07, 6.45) is 6.33. The Morgan fingerprint density at radius 3 is 2.89 bits per heavy atom. The minimum Gasteiger partial charge on any atom is -0.303 e. The SMILES string of the molecule is C#CCc1cccc(C(=NCCC#N)NN(C)C)c1. The molecule has 0 saturated heterocycles. The van der Waals surface area contributed by atoms with Gasteiger partial charge in [-0.05, 0) is 11.6 Å². The molecule has 0 aromatic heterocycles. The van der Waals surface area contributed by atoms with E-state index in [2.05, 4.69) is 22.4 Å². The highest BCUT2D eigenvalue weighted by Gasteiger charge is 2.04. The lowest BCUT2D eigenvalue weighted by Crippen LogP contribution is -2.37. The first kappa shape index (κ1) is 14.8. The summed E-state index contributed by atoms with van der Waals surface area (Å²) >= 11 is 0. The van der Waals surface area contributed by atoms with E-state index < -0.39 is 0 Å². The maximum absolute atomic E-state index is 8.57. The third-order valence-electron chi connectivity index (χ3n) is 2.33. The Kier molecular flexibility index (Phi) is 6.15. The molecule has 4 nitrogen and oxygen atoms in total. The average Bonchev–Trinajstić information content (AvgIpc) is 2.38. The average molecular weight is 254 g/mol. The molecular weight excluding hydrogens is 236 g/mol. The summed E-state index contributed by atoms with van der Waals surface area (Å²) in [7, 11) is 3.79. The minimum atomic E-state index is 0.405. The van der Waals surface area contributed by atoms with E-state index in [4.69, 9.17) is 11.7 Å². The van der Waals surface area contributed by atoms with Crippen LogP contribution in [0.5, 0.6) is 0 Å². The van der Waals surface area contributed by atoms with Crippen LogP contribution in [-0.4, -0.2) is 31.5 Å². The Morgan fingerprint density at radius 2 is 2.26 bits per heavy atom. The molecule has 0 bridgehead atoms. The van der Waals surface area contributed by atoms with Gasteiger partial charge < -0.3 is 5.43 Å². The number of terminal acetylenes is 1. The molecule has 0 atom stereocenters. The van der Waals surface area contributed by atoms with Crippen molar-refractivity contribution in [3.63, 3.8) is 0 Å². The first-order valence-corrected chi connectivity index (χ1v) is 6.05. The number of hydrazine groups is 1. The second-order valence-electron chi connectivity index (χ2n) is 4.23. The van der Waals surface area contributed by atoms with E-state index in [0.717, 1.165) is 17.0 Å². The second-order valence-corrected chi connectivity index (χ2v) is 4.23. The van der Waals surface area contributed by atoms with E-state index in [1.165, 1.54) is 0 Å². The number of benzene rings is 1. The largest absolute Gasteiger partial charge is 0.303 e. The number of aliphatic imine (C=N–C) groups is 1. The van der Waals surface area contributed by atoms with Crippen molar-refractivity contribution < 1.29 is 0 Å². The molecule has 1 aromatic carbocycles. The van der Waals surface area contributed by atoms with Crippen LogP contribution in [-0.2, 0) is 6.42 Å². The van der Waals surface area contributed by atoms with E-state index in [1.807, 2.05) is 43.4 Å².